The summed E-state index contributed by atoms with van der Waals surface area (Å²) < 4.78 is 0. The van der Waals surface area contributed by atoms with Crippen LogP contribution in [0, 0.1) is 0 Å². The second-order valence-corrected chi connectivity index (χ2v) is 3.68. The highest BCUT2D eigenvalue weighted by Crippen LogP contribution is 1.98. The molecule has 4 amide bonds. The summed E-state index contributed by atoms with van der Waals surface area (Å²) in [7, 11) is 0. The number of piperazine rings is 1. The van der Waals surface area contributed by atoms with Gasteiger partial charge in [-0.15, -0.1) is 0 Å². The summed E-state index contributed by atoms with van der Waals surface area (Å²) in [6.45, 7) is -1.04. The van der Waals surface area contributed by atoms with E-state index in [1.165, 1.54) is 0 Å². The molecular formula is C9H13N3O6. The number of carboxylic acids is 1. The van der Waals surface area contributed by atoms with Gasteiger partial charge in [-0.1, -0.05) is 0 Å². The highest BCUT2D eigenvalue weighted by atomic mass is 16.4. The maximum absolute atomic E-state index is 11.6. The Morgan fingerprint density at radius 3 is 2.33 bits per heavy atom. The fourth-order valence-electron chi connectivity index (χ4n) is 1.41. The summed E-state index contributed by atoms with van der Waals surface area (Å²) in [6.07, 6.45) is -0.158. The van der Waals surface area contributed by atoms with Crippen LogP contribution in [0.2, 0.25) is 0 Å². The van der Waals surface area contributed by atoms with E-state index >= 15 is 0 Å². The highest BCUT2D eigenvalue weighted by molar-refractivity contribution is 6.02. The Labute approximate surface area is 102 Å². The van der Waals surface area contributed by atoms with Crippen molar-refractivity contribution in [1.29, 1.82) is 0 Å². The molecule has 1 aliphatic rings. The average Bonchev–Trinajstić information content (AvgIpc) is 2.26. The maximum atomic E-state index is 11.6. The number of aliphatic carboxylic acids is 1. The smallest absolute Gasteiger partial charge is 0.326 e. The molecule has 0 aromatic heterocycles. The van der Waals surface area contributed by atoms with Crippen LogP contribution in [0.4, 0.5) is 4.79 Å². The van der Waals surface area contributed by atoms with Crippen molar-refractivity contribution in [2.24, 2.45) is 0 Å². The lowest BCUT2D eigenvalue weighted by molar-refractivity contribution is -0.139. The van der Waals surface area contributed by atoms with Gasteiger partial charge >= 0.3 is 12.0 Å². The summed E-state index contributed by atoms with van der Waals surface area (Å²) in [4.78, 5) is 45.3. The second-order valence-electron chi connectivity index (χ2n) is 3.68. The summed E-state index contributed by atoms with van der Waals surface area (Å²) >= 11 is 0. The van der Waals surface area contributed by atoms with Crippen molar-refractivity contribution in [3.8, 4) is 0 Å². The fourth-order valence-corrected chi connectivity index (χ4v) is 1.41. The summed E-state index contributed by atoms with van der Waals surface area (Å²) in [5.41, 5.74) is 0. The van der Waals surface area contributed by atoms with Gasteiger partial charge in [-0.3, -0.25) is 14.9 Å². The molecule has 100 valence electrons. The lowest BCUT2D eigenvalue weighted by Crippen LogP contribution is -2.57. The van der Waals surface area contributed by atoms with E-state index in [4.69, 9.17) is 10.2 Å². The first-order valence-corrected chi connectivity index (χ1v) is 5.16. The van der Waals surface area contributed by atoms with E-state index in [-0.39, 0.29) is 19.5 Å². The van der Waals surface area contributed by atoms with Crippen LogP contribution in [-0.4, -0.2) is 64.7 Å². The molecule has 1 rings (SSSR count). The third kappa shape index (κ3) is 3.70. The summed E-state index contributed by atoms with van der Waals surface area (Å²) in [5, 5.41) is 21.5. The van der Waals surface area contributed by atoms with Crippen LogP contribution in [0.1, 0.15) is 6.42 Å². The minimum Gasteiger partial charge on any atom is -0.480 e. The molecular weight excluding hydrogens is 246 g/mol. The molecule has 1 saturated heterocycles. The quantitative estimate of drug-likeness (QED) is 0.412. The van der Waals surface area contributed by atoms with Crippen molar-refractivity contribution < 1.29 is 29.4 Å². The van der Waals surface area contributed by atoms with Gasteiger partial charge in [-0.2, -0.15) is 0 Å². The van der Waals surface area contributed by atoms with Crippen molar-refractivity contribution >= 4 is 23.8 Å². The molecule has 0 aromatic carbocycles. The van der Waals surface area contributed by atoms with E-state index in [0.717, 1.165) is 4.90 Å². The van der Waals surface area contributed by atoms with E-state index < -0.39 is 36.5 Å². The lowest BCUT2D eigenvalue weighted by atomic mass is 10.2. The molecule has 0 saturated carbocycles. The zero-order chi connectivity index (χ0) is 13.7. The van der Waals surface area contributed by atoms with E-state index in [1.807, 2.05) is 5.32 Å². The predicted molar refractivity (Wildman–Crippen MR) is 56.4 cm³/mol. The van der Waals surface area contributed by atoms with E-state index in [0.29, 0.717) is 0 Å². The monoisotopic (exact) mass is 259 g/mol. The molecule has 0 bridgehead atoms. The number of nitrogens with zero attached hydrogens (tertiary/aromatic N) is 1. The zero-order valence-corrected chi connectivity index (χ0v) is 9.38. The first-order valence-electron chi connectivity index (χ1n) is 5.16. The third-order valence-electron chi connectivity index (χ3n) is 2.25. The Balaban J connectivity index is 2.60. The van der Waals surface area contributed by atoms with Crippen LogP contribution >= 0.6 is 0 Å². The first kappa shape index (κ1) is 13.9. The van der Waals surface area contributed by atoms with Gasteiger partial charge in [0, 0.05) is 13.0 Å². The number of hydrogen-bond acceptors (Lipinski definition) is 5. The number of aliphatic hydroxyl groups excluding tert-OH is 1. The number of carbonyl (C=O) groups excluding carboxylic acids is 3. The first-order chi connectivity index (χ1) is 8.43. The van der Waals surface area contributed by atoms with Crippen LogP contribution in [-0.2, 0) is 14.4 Å². The molecule has 0 radical (unpaired) electrons. The minimum absolute atomic E-state index is 0.158. The third-order valence-corrected chi connectivity index (χ3v) is 2.25. The number of carboxylic acid groups (broad SMARTS) is 1. The number of nitrogens with one attached hydrogen (secondary N) is 2. The van der Waals surface area contributed by atoms with E-state index in [1.54, 1.807) is 0 Å². The average molecular weight is 259 g/mol. The van der Waals surface area contributed by atoms with Gasteiger partial charge in [-0.25, -0.2) is 9.59 Å². The summed E-state index contributed by atoms with van der Waals surface area (Å²) in [6, 6.07) is -2.10. The van der Waals surface area contributed by atoms with Crippen LogP contribution in [0.3, 0.4) is 0 Å². The molecule has 0 spiro atoms. The van der Waals surface area contributed by atoms with Crippen molar-refractivity contribution in [2.75, 3.05) is 19.7 Å². The summed E-state index contributed by atoms with van der Waals surface area (Å²) in [5.74, 6) is -2.56. The van der Waals surface area contributed by atoms with Gasteiger partial charge in [0.15, 0.2) is 0 Å². The van der Waals surface area contributed by atoms with E-state index in [9.17, 15) is 19.2 Å². The lowest BCUT2D eigenvalue weighted by Gasteiger charge is -2.27. The largest absolute Gasteiger partial charge is 0.480 e. The van der Waals surface area contributed by atoms with Gasteiger partial charge in [0.05, 0.1) is 0 Å². The van der Waals surface area contributed by atoms with Gasteiger partial charge in [0.25, 0.3) is 0 Å². The van der Waals surface area contributed by atoms with Gasteiger partial charge in [0.1, 0.15) is 19.1 Å². The van der Waals surface area contributed by atoms with Crippen molar-refractivity contribution in [1.82, 2.24) is 15.5 Å². The number of carbonyl (C=O) groups is 4. The molecule has 1 heterocycles. The van der Waals surface area contributed by atoms with Crippen LogP contribution in [0.5, 0.6) is 0 Å². The molecule has 1 fully saturated rings. The Hall–Kier alpha value is -2.16. The Kier molecular flexibility index (Phi) is 4.60. The highest BCUT2D eigenvalue weighted by Gasteiger charge is 2.29. The molecule has 0 aromatic rings. The van der Waals surface area contributed by atoms with Crippen molar-refractivity contribution in [3.05, 3.63) is 0 Å². The maximum Gasteiger partial charge on any atom is 0.326 e. The van der Waals surface area contributed by atoms with Gasteiger partial charge in [0.2, 0.25) is 11.8 Å². The Morgan fingerprint density at radius 2 is 1.89 bits per heavy atom. The van der Waals surface area contributed by atoms with Gasteiger partial charge < -0.3 is 20.4 Å². The molecule has 9 nitrogen and oxygen atoms in total. The number of hydrogen-bond donors (Lipinski definition) is 4. The molecule has 1 aliphatic heterocycles. The minimum atomic E-state index is -1.30. The number of rotatable bonds is 4. The van der Waals surface area contributed by atoms with Crippen LogP contribution < -0.4 is 10.6 Å². The molecule has 9 heteroatoms. The number of amides is 4. The van der Waals surface area contributed by atoms with Crippen molar-refractivity contribution in [3.63, 3.8) is 0 Å². The standard InChI is InChI=1S/C9H13N3O6/c13-2-1-5(8(16)17)10-9(18)12-3-6(14)11-7(15)4-12/h5,13H,1-4H2,(H,10,18)(H,16,17)(H,11,14,15). The molecule has 1 atom stereocenters. The van der Waals surface area contributed by atoms with Crippen LogP contribution in [0.15, 0.2) is 0 Å². The predicted octanol–water partition coefficient (Wildman–Crippen LogP) is -2.51. The Bertz CT molecular complexity index is 366. The number of aliphatic hydroxyl groups is 1. The number of imide groups is 1. The molecule has 1 unspecified atom stereocenters. The van der Waals surface area contributed by atoms with Crippen molar-refractivity contribution in [2.45, 2.75) is 12.5 Å². The molecule has 4 N–H and O–H groups in total. The Morgan fingerprint density at radius 1 is 1.33 bits per heavy atom. The second kappa shape index (κ2) is 5.96. The SMILES string of the molecule is O=C1CN(C(=O)NC(CCO)C(=O)O)CC(=O)N1. The molecule has 0 aliphatic carbocycles. The fraction of sp³-hybridized carbons (Fsp3) is 0.556. The number of urea groups is 1. The van der Waals surface area contributed by atoms with E-state index in [2.05, 4.69) is 5.32 Å². The molecule has 18 heavy (non-hydrogen) atoms. The van der Waals surface area contributed by atoms with Gasteiger partial charge in [-0.05, 0) is 0 Å². The normalized spacial score (nSPS) is 17.1. The zero-order valence-electron chi connectivity index (χ0n) is 9.38. The van der Waals surface area contributed by atoms with Crippen LogP contribution in [0.25, 0.3) is 0 Å². The topological polar surface area (TPSA) is 136 Å².